The van der Waals surface area contributed by atoms with Crippen molar-refractivity contribution in [1.82, 2.24) is 4.90 Å². The van der Waals surface area contributed by atoms with E-state index in [4.69, 9.17) is 10.5 Å². The van der Waals surface area contributed by atoms with Crippen LogP contribution in [0, 0.1) is 5.82 Å². The van der Waals surface area contributed by atoms with Gasteiger partial charge in [-0.3, -0.25) is 4.90 Å². The lowest BCUT2D eigenvalue weighted by Gasteiger charge is -2.35. The van der Waals surface area contributed by atoms with E-state index in [2.05, 4.69) is 18.7 Å². The van der Waals surface area contributed by atoms with E-state index in [-0.39, 0.29) is 18.0 Å². The summed E-state index contributed by atoms with van der Waals surface area (Å²) < 4.78 is 19.4. The minimum Gasteiger partial charge on any atom is -0.373 e. The molecule has 100 valence electrons. The number of nitrogens with two attached hydrogens (primary N) is 1. The Morgan fingerprint density at radius 3 is 2.61 bits per heavy atom. The Balaban J connectivity index is 2.08. The first kappa shape index (κ1) is 13.5. The summed E-state index contributed by atoms with van der Waals surface area (Å²) in [7, 11) is 0. The van der Waals surface area contributed by atoms with Crippen LogP contribution in [0.15, 0.2) is 18.2 Å². The smallest absolute Gasteiger partial charge is 0.127 e. The minimum atomic E-state index is -0.154. The van der Waals surface area contributed by atoms with Gasteiger partial charge < -0.3 is 10.5 Å². The van der Waals surface area contributed by atoms with Gasteiger partial charge in [-0.25, -0.2) is 4.39 Å². The lowest BCUT2D eigenvalue weighted by Crippen LogP contribution is -2.44. The summed E-state index contributed by atoms with van der Waals surface area (Å²) in [6, 6.07) is 5.11. The lowest BCUT2D eigenvalue weighted by molar-refractivity contribution is -0.0707. The first-order valence-electron chi connectivity index (χ1n) is 6.43. The highest BCUT2D eigenvalue weighted by Crippen LogP contribution is 2.17. The Kier molecular flexibility index (Phi) is 4.32. The molecule has 2 atom stereocenters. The molecule has 1 fully saturated rings. The Bertz CT molecular complexity index is 401. The number of benzene rings is 1. The maximum Gasteiger partial charge on any atom is 0.127 e. The van der Waals surface area contributed by atoms with Gasteiger partial charge in [-0.15, -0.1) is 0 Å². The van der Waals surface area contributed by atoms with Crippen LogP contribution in [0.3, 0.4) is 0 Å². The van der Waals surface area contributed by atoms with Crippen molar-refractivity contribution in [2.45, 2.75) is 39.1 Å². The van der Waals surface area contributed by atoms with Crippen molar-refractivity contribution in [3.05, 3.63) is 35.1 Å². The Hall–Kier alpha value is -0.970. The minimum absolute atomic E-state index is 0.154. The monoisotopic (exact) mass is 252 g/mol. The number of ether oxygens (including phenoxy) is 1. The zero-order chi connectivity index (χ0) is 13.1. The van der Waals surface area contributed by atoms with E-state index in [0.29, 0.717) is 13.1 Å². The highest BCUT2D eigenvalue weighted by atomic mass is 19.1. The molecule has 3 nitrogen and oxygen atoms in total. The van der Waals surface area contributed by atoms with Crippen LogP contribution in [0.2, 0.25) is 0 Å². The van der Waals surface area contributed by atoms with Crippen molar-refractivity contribution < 1.29 is 9.13 Å². The van der Waals surface area contributed by atoms with Gasteiger partial charge in [0.1, 0.15) is 5.82 Å². The molecule has 1 aromatic carbocycles. The van der Waals surface area contributed by atoms with Gasteiger partial charge in [0.25, 0.3) is 0 Å². The van der Waals surface area contributed by atoms with E-state index in [0.717, 1.165) is 24.2 Å². The quantitative estimate of drug-likeness (QED) is 0.893. The molecule has 1 aliphatic rings. The third-order valence-corrected chi connectivity index (χ3v) is 3.24. The van der Waals surface area contributed by atoms with Crippen LogP contribution < -0.4 is 5.73 Å². The fraction of sp³-hybridized carbons (Fsp3) is 0.571. The summed E-state index contributed by atoms with van der Waals surface area (Å²) in [5, 5.41) is 0. The molecule has 0 bridgehead atoms. The van der Waals surface area contributed by atoms with Crippen molar-refractivity contribution in [3.63, 3.8) is 0 Å². The van der Waals surface area contributed by atoms with Gasteiger partial charge in [-0.1, -0.05) is 12.1 Å². The summed E-state index contributed by atoms with van der Waals surface area (Å²) in [5.74, 6) is -0.154. The molecule has 2 N–H and O–H groups in total. The van der Waals surface area contributed by atoms with Gasteiger partial charge >= 0.3 is 0 Å². The van der Waals surface area contributed by atoms with Crippen LogP contribution >= 0.6 is 0 Å². The van der Waals surface area contributed by atoms with Crippen molar-refractivity contribution >= 4 is 0 Å². The predicted molar refractivity (Wildman–Crippen MR) is 69.6 cm³/mol. The van der Waals surface area contributed by atoms with E-state index >= 15 is 0 Å². The van der Waals surface area contributed by atoms with Crippen molar-refractivity contribution in [1.29, 1.82) is 0 Å². The third-order valence-electron chi connectivity index (χ3n) is 3.24. The first-order valence-corrected chi connectivity index (χ1v) is 6.43. The number of hydrogen-bond acceptors (Lipinski definition) is 3. The number of halogens is 1. The molecule has 0 amide bonds. The van der Waals surface area contributed by atoms with Gasteiger partial charge in [0, 0.05) is 31.7 Å². The van der Waals surface area contributed by atoms with E-state index in [1.807, 2.05) is 6.07 Å². The van der Waals surface area contributed by atoms with Crippen molar-refractivity contribution in [2.24, 2.45) is 5.73 Å². The van der Waals surface area contributed by atoms with E-state index < -0.39 is 0 Å². The van der Waals surface area contributed by atoms with E-state index in [9.17, 15) is 4.39 Å². The fourth-order valence-corrected chi connectivity index (χ4v) is 2.53. The molecule has 18 heavy (non-hydrogen) atoms. The SMILES string of the molecule is C[C@@H]1CN(Cc2cc(CN)ccc2F)C[C@H](C)O1. The Labute approximate surface area is 108 Å². The van der Waals surface area contributed by atoms with Gasteiger partial charge in [-0.2, -0.15) is 0 Å². The molecule has 0 saturated carbocycles. The van der Waals surface area contributed by atoms with Crippen LogP contribution in [-0.2, 0) is 17.8 Å². The van der Waals surface area contributed by atoms with Crippen LogP contribution in [0.5, 0.6) is 0 Å². The molecule has 0 spiro atoms. The van der Waals surface area contributed by atoms with Crippen LogP contribution in [0.4, 0.5) is 4.39 Å². The van der Waals surface area contributed by atoms with Crippen LogP contribution in [-0.4, -0.2) is 30.2 Å². The number of hydrogen-bond donors (Lipinski definition) is 1. The van der Waals surface area contributed by atoms with Crippen LogP contribution in [0.25, 0.3) is 0 Å². The molecule has 0 radical (unpaired) electrons. The second-order valence-corrected chi connectivity index (χ2v) is 5.08. The van der Waals surface area contributed by atoms with Gasteiger partial charge in [0.2, 0.25) is 0 Å². The van der Waals surface area contributed by atoms with Gasteiger partial charge in [0.05, 0.1) is 12.2 Å². The topological polar surface area (TPSA) is 38.5 Å². The molecular formula is C14H21FN2O. The summed E-state index contributed by atoms with van der Waals surface area (Å²) in [5.41, 5.74) is 7.28. The maximum atomic E-state index is 13.8. The Morgan fingerprint density at radius 2 is 2.00 bits per heavy atom. The van der Waals surface area contributed by atoms with Crippen molar-refractivity contribution in [2.75, 3.05) is 13.1 Å². The molecule has 2 rings (SSSR count). The average molecular weight is 252 g/mol. The second kappa shape index (κ2) is 5.78. The molecule has 0 unspecified atom stereocenters. The highest BCUT2D eigenvalue weighted by Gasteiger charge is 2.22. The standard InChI is InChI=1S/C14H21FN2O/c1-10-7-17(8-11(2)18-10)9-13-5-12(6-16)3-4-14(13)15/h3-5,10-11H,6-9,16H2,1-2H3/t10-,11+. The number of morpholine rings is 1. The first-order chi connectivity index (χ1) is 8.58. The van der Waals surface area contributed by atoms with E-state index in [1.165, 1.54) is 6.07 Å². The summed E-state index contributed by atoms with van der Waals surface area (Å²) >= 11 is 0. The Morgan fingerprint density at radius 1 is 1.33 bits per heavy atom. The second-order valence-electron chi connectivity index (χ2n) is 5.08. The molecule has 1 saturated heterocycles. The lowest BCUT2D eigenvalue weighted by atomic mass is 10.1. The molecule has 1 aromatic rings. The van der Waals surface area contributed by atoms with Crippen LogP contribution in [0.1, 0.15) is 25.0 Å². The molecule has 1 heterocycles. The largest absolute Gasteiger partial charge is 0.373 e. The van der Waals surface area contributed by atoms with Crippen molar-refractivity contribution in [3.8, 4) is 0 Å². The third kappa shape index (κ3) is 3.28. The molecule has 4 heteroatoms. The number of rotatable bonds is 3. The fourth-order valence-electron chi connectivity index (χ4n) is 2.53. The normalized spacial score (nSPS) is 25.3. The molecule has 0 aromatic heterocycles. The summed E-state index contributed by atoms with van der Waals surface area (Å²) in [4.78, 5) is 2.23. The zero-order valence-electron chi connectivity index (χ0n) is 11.0. The predicted octanol–water partition coefficient (Wildman–Crippen LogP) is 1.89. The maximum absolute atomic E-state index is 13.8. The summed E-state index contributed by atoms with van der Waals surface area (Å²) in [6.45, 7) is 6.86. The molecule has 0 aliphatic carbocycles. The van der Waals surface area contributed by atoms with E-state index in [1.54, 1.807) is 6.07 Å². The number of nitrogens with zero attached hydrogens (tertiary/aromatic N) is 1. The average Bonchev–Trinajstić information content (AvgIpc) is 2.30. The molecule has 1 aliphatic heterocycles. The van der Waals surface area contributed by atoms with Gasteiger partial charge in [0.15, 0.2) is 0 Å². The molecular weight excluding hydrogens is 231 g/mol. The highest BCUT2D eigenvalue weighted by molar-refractivity contribution is 5.25. The zero-order valence-corrected chi connectivity index (χ0v) is 11.0. The summed E-state index contributed by atoms with van der Waals surface area (Å²) in [6.07, 6.45) is 0.406. The van der Waals surface area contributed by atoms with Gasteiger partial charge in [-0.05, 0) is 25.5 Å².